The van der Waals surface area contributed by atoms with E-state index in [1.807, 2.05) is 19.0 Å². The Labute approximate surface area is 91.0 Å². The van der Waals surface area contributed by atoms with E-state index in [0.717, 1.165) is 0 Å². The molecule has 4 heteroatoms. The fraction of sp³-hybridized carbons (Fsp3) is 0.909. The zero-order valence-corrected chi connectivity index (χ0v) is 9.53. The molecule has 0 aromatic rings. The Hall–Kier alpha value is -0.610. The zero-order chi connectivity index (χ0) is 10.8. The molecule has 1 aliphatic heterocycles. The Balaban J connectivity index is 1.93. The lowest BCUT2D eigenvalue weighted by molar-refractivity contribution is -0.138. The van der Waals surface area contributed by atoms with E-state index in [1.54, 1.807) is 0 Å². The van der Waals surface area contributed by atoms with Gasteiger partial charge in [-0.25, -0.2) is 0 Å². The van der Waals surface area contributed by atoms with Crippen molar-refractivity contribution < 1.29 is 9.53 Å². The van der Waals surface area contributed by atoms with E-state index in [1.165, 1.54) is 19.3 Å². The minimum Gasteiger partial charge on any atom is -0.379 e. The van der Waals surface area contributed by atoms with Gasteiger partial charge in [-0.05, 0) is 26.3 Å². The Bertz CT molecular complexity index is 241. The molecule has 0 radical (unpaired) electrons. The molecule has 1 N–H and O–H groups in total. The average molecular weight is 212 g/mol. The summed E-state index contributed by atoms with van der Waals surface area (Å²) in [4.78, 5) is 14.1. The monoisotopic (exact) mass is 212 g/mol. The molecule has 2 aliphatic rings. The van der Waals surface area contributed by atoms with Crippen LogP contribution in [0.3, 0.4) is 0 Å². The van der Waals surface area contributed by atoms with Crippen molar-refractivity contribution in [3.8, 4) is 0 Å². The van der Waals surface area contributed by atoms with Crippen LogP contribution in [0, 0.1) is 5.92 Å². The minimum atomic E-state index is 0.0144. The van der Waals surface area contributed by atoms with Gasteiger partial charge in [-0.1, -0.05) is 0 Å². The molecule has 0 bridgehead atoms. The number of hydrogen-bond acceptors (Lipinski definition) is 3. The largest absolute Gasteiger partial charge is 0.379 e. The topological polar surface area (TPSA) is 41.6 Å². The molecule has 2 rings (SSSR count). The number of carbonyl (C=O) groups is 1. The number of likely N-dealkylation sites (N-methyl/N-ethyl adjacent to an activating group) is 1. The van der Waals surface area contributed by atoms with Crippen LogP contribution in [0.4, 0.5) is 0 Å². The number of ether oxygens (including phenoxy) is 1. The first kappa shape index (κ1) is 10.9. The maximum Gasteiger partial charge on any atom is 0.229 e. The van der Waals surface area contributed by atoms with Crippen LogP contribution < -0.4 is 5.32 Å². The molecular weight excluding hydrogens is 192 g/mol. The summed E-state index contributed by atoms with van der Waals surface area (Å²) < 4.78 is 5.35. The molecule has 2 fully saturated rings. The number of rotatable bonds is 3. The molecule has 1 saturated carbocycles. The van der Waals surface area contributed by atoms with Crippen LogP contribution in [-0.4, -0.2) is 50.2 Å². The first-order valence-corrected chi connectivity index (χ1v) is 5.75. The van der Waals surface area contributed by atoms with Gasteiger partial charge < -0.3 is 15.0 Å². The Kier molecular flexibility index (Phi) is 3.26. The van der Waals surface area contributed by atoms with Crippen molar-refractivity contribution in [2.75, 3.05) is 27.3 Å². The fourth-order valence-electron chi connectivity index (χ4n) is 2.30. The summed E-state index contributed by atoms with van der Waals surface area (Å²) in [6.07, 6.45) is 3.60. The number of amides is 1. The summed E-state index contributed by atoms with van der Waals surface area (Å²) in [7, 11) is 3.82. The van der Waals surface area contributed by atoms with Crippen molar-refractivity contribution >= 4 is 5.91 Å². The molecule has 2 atom stereocenters. The molecule has 0 aromatic heterocycles. The predicted octanol–water partition coefficient (Wildman–Crippen LogP) is 0.232. The molecule has 4 nitrogen and oxygen atoms in total. The second-order valence-electron chi connectivity index (χ2n) is 4.57. The molecule has 1 aliphatic carbocycles. The Morgan fingerprint density at radius 2 is 2.13 bits per heavy atom. The van der Waals surface area contributed by atoms with Gasteiger partial charge in [0.1, 0.15) is 0 Å². The van der Waals surface area contributed by atoms with Crippen molar-refractivity contribution in [1.29, 1.82) is 0 Å². The third-order valence-corrected chi connectivity index (χ3v) is 3.74. The lowest BCUT2D eigenvalue weighted by Crippen LogP contribution is -2.48. The van der Waals surface area contributed by atoms with Gasteiger partial charge >= 0.3 is 0 Å². The van der Waals surface area contributed by atoms with Gasteiger partial charge in [0.15, 0.2) is 0 Å². The van der Waals surface area contributed by atoms with Gasteiger partial charge in [-0.15, -0.1) is 0 Å². The molecule has 0 aromatic carbocycles. The average Bonchev–Trinajstić information content (AvgIpc) is 2.61. The summed E-state index contributed by atoms with van der Waals surface area (Å²) in [6, 6.07) is 0.677. The molecule has 2 unspecified atom stereocenters. The van der Waals surface area contributed by atoms with E-state index < -0.39 is 0 Å². The SMILES string of the molecule is CNC1COCC1C(=O)N(C)C1CCC1. The smallest absolute Gasteiger partial charge is 0.229 e. The van der Waals surface area contributed by atoms with Crippen molar-refractivity contribution in [1.82, 2.24) is 10.2 Å². The van der Waals surface area contributed by atoms with Crippen molar-refractivity contribution in [3.05, 3.63) is 0 Å². The van der Waals surface area contributed by atoms with E-state index in [2.05, 4.69) is 5.32 Å². The van der Waals surface area contributed by atoms with E-state index >= 15 is 0 Å². The third kappa shape index (κ3) is 2.01. The molecule has 15 heavy (non-hydrogen) atoms. The molecule has 86 valence electrons. The summed E-state index contributed by atoms with van der Waals surface area (Å²) in [6.45, 7) is 1.23. The fourth-order valence-corrected chi connectivity index (χ4v) is 2.30. The maximum atomic E-state index is 12.2. The normalized spacial score (nSPS) is 31.3. The Morgan fingerprint density at radius 3 is 2.67 bits per heavy atom. The summed E-state index contributed by atoms with van der Waals surface area (Å²) in [5.74, 6) is 0.261. The van der Waals surface area contributed by atoms with Crippen LogP contribution in [-0.2, 0) is 9.53 Å². The van der Waals surface area contributed by atoms with Crippen LogP contribution in [0.25, 0.3) is 0 Å². The van der Waals surface area contributed by atoms with Gasteiger partial charge in [0.25, 0.3) is 0 Å². The highest BCUT2D eigenvalue weighted by Crippen LogP contribution is 2.26. The lowest BCUT2D eigenvalue weighted by Gasteiger charge is -2.36. The van der Waals surface area contributed by atoms with Crippen LogP contribution in [0.15, 0.2) is 0 Å². The van der Waals surface area contributed by atoms with E-state index in [4.69, 9.17) is 4.74 Å². The number of nitrogens with zero attached hydrogens (tertiary/aromatic N) is 1. The van der Waals surface area contributed by atoms with Crippen LogP contribution in [0.1, 0.15) is 19.3 Å². The van der Waals surface area contributed by atoms with Crippen LogP contribution in [0.2, 0.25) is 0 Å². The summed E-state index contributed by atoms with van der Waals surface area (Å²) in [5.41, 5.74) is 0. The first-order valence-electron chi connectivity index (χ1n) is 5.75. The van der Waals surface area contributed by atoms with Crippen molar-refractivity contribution in [2.45, 2.75) is 31.3 Å². The molecular formula is C11H20N2O2. The van der Waals surface area contributed by atoms with Crippen LogP contribution in [0.5, 0.6) is 0 Å². The van der Waals surface area contributed by atoms with Crippen molar-refractivity contribution in [3.63, 3.8) is 0 Å². The lowest BCUT2D eigenvalue weighted by atomic mass is 9.90. The van der Waals surface area contributed by atoms with Gasteiger partial charge in [-0.2, -0.15) is 0 Å². The Morgan fingerprint density at radius 1 is 1.40 bits per heavy atom. The highest BCUT2D eigenvalue weighted by atomic mass is 16.5. The van der Waals surface area contributed by atoms with Gasteiger partial charge in [0.05, 0.1) is 19.1 Å². The standard InChI is InChI=1S/C11H20N2O2/c1-12-10-7-15-6-9(10)11(14)13(2)8-4-3-5-8/h8-10,12H,3-7H2,1-2H3. The van der Waals surface area contributed by atoms with Gasteiger partial charge in [0, 0.05) is 19.1 Å². The summed E-state index contributed by atoms with van der Waals surface area (Å²) in [5, 5.41) is 3.15. The highest BCUT2D eigenvalue weighted by Gasteiger charge is 2.37. The third-order valence-electron chi connectivity index (χ3n) is 3.74. The summed E-state index contributed by atoms with van der Waals surface area (Å²) >= 11 is 0. The number of hydrogen-bond donors (Lipinski definition) is 1. The second-order valence-corrected chi connectivity index (χ2v) is 4.57. The van der Waals surface area contributed by atoms with Crippen molar-refractivity contribution in [2.24, 2.45) is 5.92 Å². The maximum absolute atomic E-state index is 12.2. The van der Waals surface area contributed by atoms with Gasteiger partial charge in [-0.3, -0.25) is 4.79 Å². The van der Waals surface area contributed by atoms with E-state index in [0.29, 0.717) is 19.3 Å². The second kappa shape index (κ2) is 4.49. The number of nitrogens with one attached hydrogen (secondary N) is 1. The predicted molar refractivity (Wildman–Crippen MR) is 57.6 cm³/mol. The van der Waals surface area contributed by atoms with E-state index in [-0.39, 0.29) is 17.9 Å². The first-order chi connectivity index (χ1) is 7.24. The number of carbonyl (C=O) groups excluding carboxylic acids is 1. The zero-order valence-electron chi connectivity index (χ0n) is 9.53. The highest BCUT2D eigenvalue weighted by molar-refractivity contribution is 5.80. The molecule has 0 spiro atoms. The molecule has 1 saturated heterocycles. The molecule has 1 amide bonds. The van der Waals surface area contributed by atoms with Gasteiger partial charge in [0.2, 0.25) is 5.91 Å². The van der Waals surface area contributed by atoms with Crippen LogP contribution >= 0.6 is 0 Å². The minimum absolute atomic E-state index is 0.0144. The van der Waals surface area contributed by atoms with E-state index in [9.17, 15) is 4.79 Å². The molecule has 1 heterocycles. The quantitative estimate of drug-likeness (QED) is 0.728.